The molecule has 29 heavy (non-hydrogen) atoms. The smallest absolute Gasteiger partial charge is 0.394 e. The van der Waals surface area contributed by atoms with Gasteiger partial charge in [-0.3, -0.25) is 4.11 Å². The molecule has 2 bridgehead atoms. The number of halogens is 1. The van der Waals surface area contributed by atoms with E-state index in [0.717, 1.165) is 23.9 Å². The maximum absolute atomic E-state index is 16.7. The van der Waals surface area contributed by atoms with Gasteiger partial charge in [0.1, 0.15) is 23.7 Å². The summed E-state index contributed by atoms with van der Waals surface area (Å²) in [6.07, 6.45) is -1.11. The molecular weight excluding hydrogens is 423 g/mol. The number of hydrogen-bond acceptors (Lipinski definition) is 5. The Kier molecular flexibility index (Phi) is 8.18. The van der Waals surface area contributed by atoms with E-state index in [9.17, 15) is 0 Å². The van der Waals surface area contributed by atoms with Crippen LogP contribution in [0.3, 0.4) is 0 Å². The Hall–Kier alpha value is 0.554. The monoisotopic (exact) mass is 466 g/mol. The van der Waals surface area contributed by atoms with E-state index >= 15 is 4.11 Å². The fraction of sp³-hybridized carbons (Fsp3) is 1.00. The Morgan fingerprint density at radius 1 is 0.897 bits per heavy atom. The number of ether oxygens (including phenoxy) is 2. The molecule has 0 spiro atoms. The van der Waals surface area contributed by atoms with Gasteiger partial charge in [0.25, 0.3) is 0 Å². The summed E-state index contributed by atoms with van der Waals surface area (Å²) in [7, 11) is -3.84. The van der Waals surface area contributed by atoms with Crippen molar-refractivity contribution in [3.05, 3.63) is 0 Å². The second kappa shape index (κ2) is 9.20. The largest absolute Gasteiger partial charge is 0.408 e. The van der Waals surface area contributed by atoms with Crippen molar-refractivity contribution < 1.29 is 22.4 Å². The minimum Gasteiger partial charge on any atom is -0.408 e. The first-order chi connectivity index (χ1) is 13.3. The molecule has 2 fully saturated rings. The summed E-state index contributed by atoms with van der Waals surface area (Å²) in [5.74, 6) is 0.798. The molecule has 0 aromatic rings. The Morgan fingerprint density at radius 3 is 1.83 bits per heavy atom. The highest BCUT2D eigenvalue weighted by Gasteiger charge is 2.63. The standard InChI is InChI=1S/C21H43FO4SSi2/c1-11-28(12-2,13-3)25-18-17(23-10)16(15-14-27-19(18)24-15)26-29(22,20(4,5)6)21(7,8)9/h15-19H,11-14H2,1-10H3/t15-,16-,17+,18-,19+/m1/s1. The molecule has 2 aliphatic rings. The Balaban J connectivity index is 2.39. The third kappa shape index (κ3) is 4.83. The second-order valence-corrected chi connectivity index (χ2v) is 20.9. The third-order valence-corrected chi connectivity index (χ3v) is 17.2. The van der Waals surface area contributed by atoms with Gasteiger partial charge in [-0.2, -0.15) is 0 Å². The van der Waals surface area contributed by atoms with Crippen molar-refractivity contribution >= 4 is 28.7 Å². The predicted octanol–water partition coefficient (Wildman–Crippen LogP) is 6.26. The second-order valence-electron chi connectivity index (χ2n) is 10.6. The molecular formula is C21H43FO4SSi2. The number of hydrogen-bond donors (Lipinski definition) is 0. The lowest BCUT2D eigenvalue weighted by Crippen LogP contribution is -2.64. The summed E-state index contributed by atoms with van der Waals surface area (Å²) in [4.78, 5) is 0. The minimum absolute atomic E-state index is 0.0544. The van der Waals surface area contributed by atoms with Crippen molar-refractivity contribution in [2.75, 3.05) is 12.9 Å². The fourth-order valence-corrected chi connectivity index (χ4v) is 12.6. The lowest BCUT2D eigenvalue weighted by atomic mass is 10.0. The van der Waals surface area contributed by atoms with Crippen LogP contribution >= 0.6 is 11.8 Å². The molecule has 0 aliphatic carbocycles. The highest BCUT2D eigenvalue weighted by molar-refractivity contribution is 8.00. The predicted molar refractivity (Wildman–Crippen MR) is 125 cm³/mol. The van der Waals surface area contributed by atoms with Crippen LogP contribution in [0, 0.1) is 0 Å². The first-order valence-corrected chi connectivity index (χ1v) is 16.5. The third-order valence-electron chi connectivity index (χ3n) is 6.84. The zero-order valence-corrected chi connectivity index (χ0v) is 23.0. The van der Waals surface area contributed by atoms with Crippen LogP contribution in [0.2, 0.25) is 28.2 Å². The highest BCUT2D eigenvalue weighted by Crippen LogP contribution is 2.54. The van der Waals surface area contributed by atoms with Gasteiger partial charge >= 0.3 is 8.65 Å². The summed E-state index contributed by atoms with van der Waals surface area (Å²) in [6, 6.07) is 3.18. The summed E-state index contributed by atoms with van der Waals surface area (Å²) in [6.45, 7) is 18.4. The van der Waals surface area contributed by atoms with Crippen LogP contribution in [-0.2, 0) is 18.3 Å². The lowest BCUT2D eigenvalue weighted by Gasteiger charge is -2.50. The van der Waals surface area contributed by atoms with Gasteiger partial charge in [-0.25, -0.2) is 0 Å². The van der Waals surface area contributed by atoms with Crippen molar-refractivity contribution in [1.29, 1.82) is 0 Å². The zero-order chi connectivity index (χ0) is 22.3. The molecule has 0 saturated carbocycles. The number of thioether (sulfide) groups is 1. The van der Waals surface area contributed by atoms with Gasteiger partial charge in [0.05, 0.1) is 6.10 Å². The maximum atomic E-state index is 16.7. The highest BCUT2D eigenvalue weighted by atomic mass is 32.2. The van der Waals surface area contributed by atoms with E-state index in [2.05, 4.69) is 20.8 Å². The van der Waals surface area contributed by atoms with Crippen LogP contribution in [0.15, 0.2) is 0 Å². The molecule has 0 N–H and O–H groups in total. The van der Waals surface area contributed by atoms with Crippen LogP contribution in [0.1, 0.15) is 62.3 Å². The molecule has 4 nitrogen and oxygen atoms in total. The van der Waals surface area contributed by atoms with Gasteiger partial charge in [0, 0.05) is 22.9 Å². The molecule has 2 saturated heterocycles. The van der Waals surface area contributed by atoms with Gasteiger partial charge in [-0.15, -0.1) is 11.8 Å². The van der Waals surface area contributed by atoms with E-state index in [1.165, 1.54) is 0 Å². The first kappa shape index (κ1) is 25.8. The van der Waals surface area contributed by atoms with E-state index in [0.29, 0.717) is 0 Å². The Bertz CT molecular complexity index is 526. The summed E-state index contributed by atoms with van der Waals surface area (Å²) in [5.41, 5.74) is -0.0544. The molecule has 0 unspecified atom stereocenters. The quantitative estimate of drug-likeness (QED) is 0.312. The maximum Gasteiger partial charge on any atom is 0.394 e. The molecule has 0 radical (unpaired) electrons. The van der Waals surface area contributed by atoms with E-state index < -0.39 is 33.1 Å². The Labute approximate surface area is 184 Å². The Morgan fingerprint density at radius 2 is 1.41 bits per heavy atom. The first-order valence-electron chi connectivity index (χ1n) is 11.1. The topological polar surface area (TPSA) is 36.9 Å². The molecule has 2 aliphatic heterocycles. The van der Waals surface area contributed by atoms with Crippen LogP contribution in [0.4, 0.5) is 4.11 Å². The van der Waals surface area contributed by atoms with E-state index in [1.807, 2.05) is 41.5 Å². The van der Waals surface area contributed by atoms with Crippen molar-refractivity contribution in [2.45, 2.75) is 120 Å². The average molecular weight is 467 g/mol. The number of rotatable bonds is 8. The van der Waals surface area contributed by atoms with E-state index in [-0.39, 0.29) is 23.7 Å². The van der Waals surface area contributed by atoms with Gasteiger partial charge in [0.2, 0.25) is 0 Å². The fourth-order valence-electron chi connectivity index (χ4n) is 4.83. The van der Waals surface area contributed by atoms with Crippen LogP contribution in [0.25, 0.3) is 0 Å². The van der Waals surface area contributed by atoms with Crippen molar-refractivity contribution in [3.63, 3.8) is 0 Å². The summed E-state index contributed by atoms with van der Waals surface area (Å²) >= 11 is 1.77. The normalized spacial score (nSPS) is 31.3. The molecule has 2 rings (SSSR count). The molecule has 0 amide bonds. The van der Waals surface area contributed by atoms with E-state index in [1.54, 1.807) is 18.9 Å². The number of methoxy groups -OCH3 is 1. The summed E-state index contributed by atoms with van der Waals surface area (Å²) in [5, 5.41) is -1.12. The zero-order valence-electron chi connectivity index (χ0n) is 20.1. The molecule has 0 aromatic heterocycles. The van der Waals surface area contributed by atoms with Crippen LogP contribution < -0.4 is 0 Å². The van der Waals surface area contributed by atoms with Crippen molar-refractivity contribution in [1.82, 2.24) is 0 Å². The number of fused-ring (bicyclic) bond motifs is 2. The average Bonchev–Trinajstić information content (AvgIpc) is 3.07. The van der Waals surface area contributed by atoms with E-state index in [4.69, 9.17) is 18.3 Å². The van der Waals surface area contributed by atoms with Gasteiger partial charge < -0.3 is 18.3 Å². The van der Waals surface area contributed by atoms with Gasteiger partial charge in [-0.05, 0) is 18.1 Å². The SMILES string of the molecule is CC[Si](CC)(CC)O[C@@H]1[C@@H](OC)[C@H](O[Si](F)(C(C)(C)C)C(C)(C)C)[C@H]2CS[C@@H]1O2. The lowest BCUT2D eigenvalue weighted by molar-refractivity contribution is -0.186. The summed E-state index contributed by atoms with van der Waals surface area (Å²) < 4.78 is 42.3. The van der Waals surface area contributed by atoms with Crippen LogP contribution in [-0.4, -0.2) is 59.7 Å². The molecule has 5 atom stereocenters. The van der Waals surface area contributed by atoms with Gasteiger partial charge in [0.15, 0.2) is 8.32 Å². The minimum atomic E-state index is -3.66. The molecule has 2 heterocycles. The van der Waals surface area contributed by atoms with Crippen molar-refractivity contribution in [2.24, 2.45) is 0 Å². The van der Waals surface area contributed by atoms with Crippen LogP contribution in [0.5, 0.6) is 0 Å². The van der Waals surface area contributed by atoms with Crippen molar-refractivity contribution in [3.8, 4) is 0 Å². The molecule has 8 heteroatoms. The molecule has 172 valence electrons. The van der Waals surface area contributed by atoms with Gasteiger partial charge in [-0.1, -0.05) is 62.3 Å². The molecule has 0 aromatic carbocycles.